The molecule has 0 radical (unpaired) electrons. The fourth-order valence-corrected chi connectivity index (χ4v) is 3.05. The van der Waals surface area contributed by atoms with Crippen LogP contribution in [0.15, 0.2) is 12.2 Å². The van der Waals surface area contributed by atoms with Crippen molar-refractivity contribution in [2.24, 2.45) is 5.41 Å². The van der Waals surface area contributed by atoms with Crippen LogP contribution in [0.5, 0.6) is 0 Å². The number of allylic oxidation sites excluding steroid dienone is 1. The number of hydrogen-bond donors (Lipinski definition) is 1. The number of thioether (sulfide) groups is 1. The van der Waals surface area contributed by atoms with Gasteiger partial charge in [-0.05, 0) is 24.5 Å². The van der Waals surface area contributed by atoms with Crippen LogP contribution in [0.4, 0.5) is 0 Å². The minimum Gasteiger partial charge on any atom is -0.310 e. The molecule has 0 aromatic rings. The first-order valence-electron chi connectivity index (χ1n) is 5.06. The summed E-state index contributed by atoms with van der Waals surface area (Å²) in [6.45, 7) is 7.83. The van der Waals surface area contributed by atoms with Crippen LogP contribution in [-0.2, 0) is 0 Å². The zero-order valence-electron chi connectivity index (χ0n) is 8.97. The van der Waals surface area contributed by atoms with E-state index in [4.69, 9.17) is 0 Å². The summed E-state index contributed by atoms with van der Waals surface area (Å²) in [4.78, 5) is 0. The first-order valence-corrected chi connectivity index (χ1v) is 6.22. The van der Waals surface area contributed by atoms with Gasteiger partial charge in [0.1, 0.15) is 0 Å². The van der Waals surface area contributed by atoms with E-state index >= 15 is 0 Å². The first kappa shape index (κ1) is 11.1. The second-order valence-corrected chi connectivity index (χ2v) is 5.59. The summed E-state index contributed by atoms with van der Waals surface area (Å²) in [6, 6.07) is 0.713. The molecule has 1 fully saturated rings. The van der Waals surface area contributed by atoms with Crippen molar-refractivity contribution in [2.45, 2.75) is 33.2 Å². The van der Waals surface area contributed by atoms with E-state index < -0.39 is 0 Å². The molecule has 0 amide bonds. The van der Waals surface area contributed by atoms with E-state index in [1.807, 2.05) is 0 Å². The van der Waals surface area contributed by atoms with Gasteiger partial charge < -0.3 is 5.32 Å². The van der Waals surface area contributed by atoms with Gasteiger partial charge in [0.05, 0.1) is 0 Å². The van der Waals surface area contributed by atoms with E-state index in [-0.39, 0.29) is 0 Å². The van der Waals surface area contributed by atoms with Crippen LogP contribution < -0.4 is 5.32 Å². The molecule has 0 bridgehead atoms. The molecule has 0 aromatic heterocycles. The van der Waals surface area contributed by atoms with Gasteiger partial charge in [0.2, 0.25) is 0 Å². The number of hydrogen-bond acceptors (Lipinski definition) is 2. The molecule has 13 heavy (non-hydrogen) atoms. The van der Waals surface area contributed by atoms with Crippen molar-refractivity contribution in [3.05, 3.63) is 12.2 Å². The molecule has 2 heteroatoms. The fourth-order valence-electron chi connectivity index (χ4n) is 1.75. The normalized spacial score (nSPS) is 28.1. The summed E-state index contributed by atoms with van der Waals surface area (Å²) >= 11 is 2.08. The highest BCUT2D eigenvalue weighted by atomic mass is 32.2. The van der Waals surface area contributed by atoms with Crippen molar-refractivity contribution in [3.63, 3.8) is 0 Å². The molecule has 0 spiro atoms. The summed E-state index contributed by atoms with van der Waals surface area (Å²) in [5, 5.41) is 3.57. The van der Waals surface area contributed by atoms with Gasteiger partial charge in [0.25, 0.3) is 0 Å². The molecular formula is C11H21NS. The van der Waals surface area contributed by atoms with E-state index in [0.717, 1.165) is 6.54 Å². The first-order chi connectivity index (χ1) is 6.14. The lowest BCUT2D eigenvalue weighted by Crippen LogP contribution is -2.40. The van der Waals surface area contributed by atoms with Gasteiger partial charge >= 0.3 is 0 Å². The molecular weight excluding hydrogens is 178 g/mol. The topological polar surface area (TPSA) is 12.0 Å². The van der Waals surface area contributed by atoms with Crippen LogP contribution >= 0.6 is 11.8 Å². The summed E-state index contributed by atoms with van der Waals surface area (Å²) in [5.74, 6) is 2.59. The Morgan fingerprint density at radius 1 is 1.54 bits per heavy atom. The average Bonchev–Trinajstić information content (AvgIpc) is 2.03. The van der Waals surface area contributed by atoms with Crippen LogP contribution in [0.25, 0.3) is 0 Å². The zero-order chi connectivity index (χ0) is 9.73. The fraction of sp³-hybridized carbons (Fsp3) is 0.818. The quantitative estimate of drug-likeness (QED) is 0.701. The molecule has 0 saturated carbocycles. The van der Waals surface area contributed by atoms with Gasteiger partial charge in [0.15, 0.2) is 0 Å². The summed E-state index contributed by atoms with van der Waals surface area (Å²) < 4.78 is 0. The van der Waals surface area contributed by atoms with Crippen molar-refractivity contribution in [1.82, 2.24) is 5.32 Å². The highest BCUT2D eigenvalue weighted by molar-refractivity contribution is 7.99. The molecule has 1 saturated heterocycles. The largest absolute Gasteiger partial charge is 0.310 e. The van der Waals surface area contributed by atoms with Crippen molar-refractivity contribution in [2.75, 3.05) is 18.1 Å². The average molecular weight is 199 g/mol. The van der Waals surface area contributed by atoms with Gasteiger partial charge in [-0.25, -0.2) is 0 Å². The molecule has 1 aliphatic rings. The maximum absolute atomic E-state index is 3.57. The maximum atomic E-state index is 3.57. The molecule has 1 nitrogen and oxygen atoms in total. The highest BCUT2D eigenvalue weighted by Crippen LogP contribution is 2.33. The Morgan fingerprint density at radius 2 is 2.31 bits per heavy atom. The van der Waals surface area contributed by atoms with Crippen LogP contribution in [0.3, 0.4) is 0 Å². The lowest BCUT2D eigenvalue weighted by Gasteiger charge is -2.35. The standard InChI is InChI=1S/C11H21NS/c1-4-5-6-12-10-7-11(2,3)9-13-8-10/h4-5,10,12H,6-9H2,1-3H3/b5-4+. The third-order valence-electron chi connectivity index (χ3n) is 2.37. The lowest BCUT2D eigenvalue weighted by molar-refractivity contribution is 0.323. The Labute approximate surface area is 86.4 Å². The Hall–Kier alpha value is 0.0500. The third-order valence-corrected chi connectivity index (χ3v) is 3.99. The second kappa shape index (κ2) is 5.06. The molecule has 1 unspecified atom stereocenters. The summed E-state index contributed by atoms with van der Waals surface area (Å²) in [7, 11) is 0. The van der Waals surface area contributed by atoms with E-state index in [1.165, 1.54) is 17.9 Å². The smallest absolute Gasteiger partial charge is 0.0166 e. The van der Waals surface area contributed by atoms with E-state index in [0.29, 0.717) is 11.5 Å². The Morgan fingerprint density at radius 3 is 2.92 bits per heavy atom. The van der Waals surface area contributed by atoms with Crippen molar-refractivity contribution >= 4 is 11.8 Å². The Bertz CT molecular complexity index is 175. The van der Waals surface area contributed by atoms with Crippen molar-refractivity contribution in [3.8, 4) is 0 Å². The number of rotatable bonds is 3. The Kier molecular flexibility index (Phi) is 4.33. The van der Waals surface area contributed by atoms with Gasteiger partial charge in [-0.1, -0.05) is 26.0 Å². The van der Waals surface area contributed by atoms with Crippen molar-refractivity contribution < 1.29 is 0 Å². The van der Waals surface area contributed by atoms with E-state index in [1.54, 1.807) is 0 Å². The summed E-state index contributed by atoms with van der Waals surface area (Å²) in [5.41, 5.74) is 0.524. The minimum atomic E-state index is 0.524. The molecule has 76 valence electrons. The molecule has 0 aliphatic carbocycles. The Balaban J connectivity index is 2.26. The van der Waals surface area contributed by atoms with Gasteiger partial charge in [0, 0.05) is 18.3 Å². The van der Waals surface area contributed by atoms with Gasteiger partial charge in [-0.3, -0.25) is 0 Å². The molecule has 1 heterocycles. The van der Waals surface area contributed by atoms with Gasteiger partial charge in [-0.2, -0.15) is 11.8 Å². The maximum Gasteiger partial charge on any atom is 0.0166 e. The van der Waals surface area contributed by atoms with Crippen LogP contribution in [-0.4, -0.2) is 24.1 Å². The third kappa shape index (κ3) is 4.19. The molecule has 0 aromatic carbocycles. The molecule has 1 rings (SSSR count). The highest BCUT2D eigenvalue weighted by Gasteiger charge is 2.27. The number of nitrogens with one attached hydrogen (secondary N) is 1. The zero-order valence-corrected chi connectivity index (χ0v) is 9.79. The molecule has 1 atom stereocenters. The predicted molar refractivity (Wildman–Crippen MR) is 62.3 cm³/mol. The van der Waals surface area contributed by atoms with Crippen LogP contribution in [0.2, 0.25) is 0 Å². The predicted octanol–water partition coefficient (Wildman–Crippen LogP) is 2.68. The minimum absolute atomic E-state index is 0.524. The summed E-state index contributed by atoms with van der Waals surface area (Å²) in [6.07, 6.45) is 5.61. The molecule has 1 aliphatic heterocycles. The van der Waals surface area contributed by atoms with E-state index in [9.17, 15) is 0 Å². The van der Waals surface area contributed by atoms with Crippen LogP contribution in [0, 0.1) is 5.41 Å². The van der Waals surface area contributed by atoms with Crippen molar-refractivity contribution in [1.29, 1.82) is 0 Å². The second-order valence-electron chi connectivity index (χ2n) is 4.56. The van der Waals surface area contributed by atoms with E-state index in [2.05, 4.69) is 50.0 Å². The van der Waals surface area contributed by atoms with Gasteiger partial charge in [-0.15, -0.1) is 0 Å². The SMILES string of the molecule is C/C=C/CNC1CSCC(C)(C)C1. The van der Waals surface area contributed by atoms with Crippen LogP contribution in [0.1, 0.15) is 27.2 Å². The monoisotopic (exact) mass is 199 g/mol. The molecule has 1 N–H and O–H groups in total. The lowest BCUT2D eigenvalue weighted by atomic mass is 9.88.